The minimum absolute atomic E-state index is 0.262. The van der Waals surface area contributed by atoms with Gasteiger partial charge in [0.2, 0.25) is 0 Å². The Labute approximate surface area is 124 Å². The van der Waals surface area contributed by atoms with Gasteiger partial charge in [0.15, 0.2) is 0 Å². The molecule has 110 valence electrons. The Hall–Kier alpha value is -1.34. The van der Waals surface area contributed by atoms with E-state index in [4.69, 9.17) is 4.74 Å². The molecule has 1 nitrogen and oxygen atoms in total. The second-order valence-electron chi connectivity index (χ2n) is 5.46. The number of allylic oxidation sites excluding steroid dienone is 3. The summed E-state index contributed by atoms with van der Waals surface area (Å²) in [6, 6.07) is 8.85. The molecular formula is C19H28O. The van der Waals surface area contributed by atoms with Gasteiger partial charge in [0.05, 0.1) is 6.61 Å². The van der Waals surface area contributed by atoms with Crippen LogP contribution in [0.5, 0.6) is 0 Å². The molecule has 0 aromatic heterocycles. The molecule has 0 bridgehead atoms. The molecule has 0 aliphatic heterocycles. The van der Waals surface area contributed by atoms with Crippen LogP contribution in [0.1, 0.15) is 44.7 Å². The highest BCUT2D eigenvalue weighted by Gasteiger charge is 2.26. The Morgan fingerprint density at radius 1 is 1.20 bits per heavy atom. The fourth-order valence-electron chi connectivity index (χ4n) is 2.71. The summed E-state index contributed by atoms with van der Waals surface area (Å²) in [6.45, 7) is 11.2. The standard InChI is InChI=1S/C19H28O/c1-6-17(7-2)18-12-10-16(11-13-18)14-19(8-3,9-4)15-20-5/h6-7,10-13H,1,8-9,14-15H2,2-5H3/b17-7+. The van der Waals surface area contributed by atoms with Crippen molar-refractivity contribution >= 4 is 5.57 Å². The van der Waals surface area contributed by atoms with Crippen LogP contribution >= 0.6 is 0 Å². The smallest absolute Gasteiger partial charge is 0.0521 e. The zero-order valence-electron chi connectivity index (χ0n) is 13.4. The number of hydrogen-bond donors (Lipinski definition) is 0. The normalized spacial score (nSPS) is 12.5. The van der Waals surface area contributed by atoms with Crippen molar-refractivity contribution in [1.82, 2.24) is 0 Å². The van der Waals surface area contributed by atoms with Crippen molar-refractivity contribution in [3.63, 3.8) is 0 Å². The molecule has 1 heteroatoms. The first-order chi connectivity index (χ1) is 9.64. The van der Waals surface area contributed by atoms with E-state index in [9.17, 15) is 0 Å². The van der Waals surface area contributed by atoms with Gasteiger partial charge in [-0.1, -0.05) is 56.8 Å². The number of benzene rings is 1. The van der Waals surface area contributed by atoms with Crippen LogP contribution in [0.4, 0.5) is 0 Å². The molecule has 0 radical (unpaired) electrons. The van der Waals surface area contributed by atoms with E-state index in [1.807, 2.05) is 13.0 Å². The van der Waals surface area contributed by atoms with Crippen molar-refractivity contribution < 1.29 is 4.74 Å². The third-order valence-corrected chi connectivity index (χ3v) is 4.35. The highest BCUT2D eigenvalue weighted by molar-refractivity contribution is 5.73. The third-order valence-electron chi connectivity index (χ3n) is 4.35. The van der Waals surface area contributed by atoms with Crippen LogP contribution in [0.2, 0.25) is 0 Å². The van der Waals surface area contributed by atoms with Gasteiger partial charge in [0.1, 0.15) is 0 Å². The minimum Gasteiger partial charge on any atom is -0.384 e. The Morgan fingerprint density at radius 3 is 2.20 bits per heavy atom. The van der Waals surface area contributed by atoms with Crippen LogP contribution < -0.4 is 0 Å². The molecule has 0 saturated carbocycles. The second kappa shape index (κ2) is 8.06. The molecule has 0 unspecified atom stereocenters. The summed E-state index contributed by atoms with van der Waals surface area (Å²) in [5.41, 5.74) is 4.06. The van der Waals surface area contributed by atoms with E-state index in [-0.39, 0.29) is 5.41 Å². The lowest BCUT2D eigenvalue weighted by Gasteiger charge is -2.31. The van der Waals surface area contributed by atoms with Gasteiger partial charge < -0.3 is 4.74 Å². The SMILES string of the molecule is C=C/C(=C\C)c1ccc(CC(CC)(CC)COC)cc1. The molecule has 1 aromatic carbocycles. The fourth-order valence-corrected chi connectivity index (χ4v) is 2.71. The van der Waals surface area contributed by atoms with Gasteiger partial charge in [-0.25, -0.2) is 0 Å². The predicted octanol–water partition coefficient (Wildman–Crippen LogP) is 5.27. The Balaban J connectivity index is 2.90. The molecule has 0 fully saturated rings. The Morgan fingerprint density at radius 2 is 1.80 bits per heavy atom. The zero-order valence-corrected chi connectivity index (χ0v) is 13.4. The predicted molar refractivity (Wildman–Crippen MR) is 88.9 cm³/mol. The number of ether oxygens (including phenoxy) is 1. The van der Waals surface area contributed by atoms with Gasteiger partial charge in [-0.15, -0.1) is 0 Å². The molecular weight excluding hydrogens is 244 g/mol. The maximum absolute atomic E-state index is 5.44. The van der Waals surface area contributed by atoms with Crippen LogP contribution in [0, 0.1) is 5.41 Å². The second-order valence-corrected chi connectivity index (χ2v) is 5.46. The molecule has 1 aromatic rings. The van der Waals surface area contributed by atoms with Crippen LogP contribution in [0.3, 0.4) is 0 Å². The first kappa shape index (κ1) is 16.7. The van der Waals surface area contributed by atoms with Gasteiger partial charge in [-0.3, -0.25) is 0 Å². The van der Waals surface area contributed by atoms with Crippen LogP contribution in [0.15, 0.2) is 43.0 Å². The lowest BCUT2D eigenvalue weighted by molar-refractivity contribution is 0.0722. The van der Waals surface area contributed by atoms with Crippen molar-refractivity contribution in [2.24, 2.45) is 5.41 Å². The first-order valence-corrected chi connectivity index (χ1v) is 7.51. The summed E-state index contributed by atoms with van der Waals surface area (Å²) in [5, 5.41) is 0. The fraction of sp³-hybridized carbons (Fsp3) is 0.474. The van der Waals surface area contributed by atoms with Crippen molar-refractivity contribution in [2.75, 3.05) is 13.7 Å². The zero-order chi connectivity index (χ0) is 15.0. The number of hydrogen-bond acceptors (Lipinski definition) is 1. The van der Waals surface area contributed by atoms with Crippen molar-refractivity contribution in [3.05, 3.63) is 54.1 Å². The summed E-state index contributed by atoms with van der Waals surface area (Å²) in [6.07, 6.45) is 7.36. The molecule has 0 amide bonds. The summed E-state index contributed by atoms with van der Waals surface area (Å²) in [4.78, 5) is 0. The monoisotopic (exact) mass is 272 g/mol. The quantitative estimate of drug-likeness (QED) is 0.586. The van der Waals surface area contributed by atoms with E-state index in [0.717, 1.165) is 25.9 Å². The van der Waals surface area contributed by atoms with Crippen molar-refractivity contribution in [2.45, 2.75) is 40.0 Å². The van der Waals surface area contributed by atoms with E-state index in [1.54, 1.807) is 7.11 Å². The first-order valence-electron chi connectivity index (χ1n) is 7.51. The molecule has 0 atom stereocenters. The van der Waals surface area contributed by atoms with E-state index >= 15 is 0 Å². The van der Waals surface area contributed by atoms with Gasteiger partial charge in [0.25, 0.3) is 0 Å². The van der Waals surface area contributed by atoms with Crippen LogP contribution in [-0.2, 0) is 11.2 Å². The molecule has 20 heavy (non-hydrogen) atoms. The number of methoxy groups -OCH3 is 1. The van der Waals surface area contributed by atoms with E-state index in [0.29, 0.717) is 0 Å². The molecule has 0 aliphatic carbocycles. The average molecular weight is 272 g/mol. The molecule has 0 aliphatic rings. The maximum Gasteiger partial charge on any atom is 0.0521 e. The van der Waals surface area contributed by atoms with Gasteiger partial charge >= 0.3 is 0 Å². The van der Waals surface area contributed by atoms with Gasteiger partial charge in [0, 0.05) is 7.11 Å². The van der Waals surface area contributed by atoms with Crippen LogP contribution in [0.25, 0.3) is 5.57 Å². The van der Waals surface area contributed by atoms with Crippen molar-refractivity contribution in [3.8, 4) is 0 Å². The minimum atomic E-state index is 0.262. The van der Waals surface area contributed by atoms with Crippen LogP contribution in [-0.4, -0.2) is 13.7 Å². The summed E-state index contributed by atoms with van der Waals surface area (Å²) in [7, 11) is 1.80. The topological polar surface area (TPSA) is 9.23 Å². The molecule has 0 heterocycles. The Bertz CT molecular complexity index is 435. The van der Waals surface area contributed by atoms with Crippen molar-refractivity contribution in [1.29, 1.82) is 0 Å². The molecule has 0 N–H and O–H groups in total. The summed E-state index contributed by atoms with van der Waals surface area (Å²) < 4.78 is 5.44. The van der Waals surface area contributed by atoms with Gasteiger partial charge in [-0.05, 0) is 48.3 Å². The van der Waals surface area contributed by atoms with E-state index in [2.05, 4.69) is 50.8 Å². The Kier molecular flexibility index (Phi) is 6.74. The molecule has 1 rings (SSSR count). The largest absolute Gasteiger partial charge is 0.384 e. The van der Waals surface area contributed by atoms with Gasteiger partial charge in [-0.2, -0.15) is 0 Å². The maximum atomic E-state index is 5.44. The summed E-state index contributed by atoms with van der Waals surface area (Å²) >= 11 is 0. The average Bonchev–Trinajstić information content (AvgIpc) is 2.49. The van der Waals surface area contributed by atoms with E-state index < -0.39 is 0 Å². The number of rotatable bonds is 8. The van der Waals surface area contributed by atoms with E-state index in [1.165, 1.54) is 16.7 Å². The third kappa shape index (κ3) is 4.08. The molecule has 0 spiro atoms. The highest BCUT2D eigenvalue weighted by Crippen LogP contribution is 2.31. The lowest BCUT2D eigenvalue weighted by atomic mass is 9.77. The summed E-state index contributed by atoms with van der Waals surface area (Å²) in [5.74, 6) is 0. The lowest BCUT2D eigenvalue weighted by Crippen LogP contribution is -2.27. The highest BCUT2D eigenvalue weighted by atomic mass is 16.5. The molecule has 0 saturated heterocycles.